The lowest BCUT2D eigenvalue weighted by atomic mass is 10.3. The van der Waals surface area contributed by atoms with Gasteiger partial charge in [0.1, 0.15) is 0 Å². The molecule has 0 amide bonds. The number of hydrogen-bond acceptors (Lipinski definition) is 6. The smallest absolute Gasteiger partial charge is 0.152 e. The van der Waals surface area contributed by atoms with Gasteiger partial charge in [0, 0.05) is 0 Å². The Morgan fingerprint density at radius 1 is 0.692 bits per heavy atom. The maximum absolute atomic E-state index is 4.58. The van der Waals surface area contributed by atoms with Crippen molar-refractivity contribution in [3.05, 3.63) is 48.5 Å². The van der Waals surface area contributed by atoms with E-state index < -0.39 is 0 Å². The minimum absolute atomic E-state index is 0.708. The molecule has 0 fully saturated rings. The standard InChI is InChI=1S/C20H12N2S4/c1(7-13-23-19-21-15-9-3-5-11-17(15)25-19)2-8-14-24-20-22-16-10-4-6-12-18(16)26-20/h3-6,9-12H,13-14H2. The predicted octanol–water partition coefficient (Wildman–Crippen LogP) is 5.80. The molecular weight excluding hydrogens is 397 g/mol. The Morgan fingerprint density at radius 2 is 1.15 bits per heavy atom. The number of nitrogens with zero attached hydrogens (tertiary/aromatic N) is 2. The molecule has 0 N–H and O–H groups in total. The van der Waals surface area contributed by atoms with Crippen LogP contribution >= 0.6 is 46.2 Å². The predicted molar refractivity (Wildman–Crippen MR) is 116 cm³/mol. The van der Waals surface area contributed by atoms with Crippen LogP contribution in [0.2, 0.25) is 0 Å². The van der Waals surface area contributed by atoms with Gasteiger partial charge in [-0.25, -0.2) is 9.97 Å². The molecule has 0 spiro atoms. The highest BCUT2D eigenvalue weighted by Gasteiger charge is 2.02. The van der Waals surface area contributed by atoms with Gasteiger partial charge < -0.3 is 0 Å². The van der Waals surface area contributed by atoms with Crippen LogP contribution in [-0.4, -0.2) is 21.5 Å². The van der Waals surface area contributed by atoms with Crippen LogP contribution in [0.25, 0.3) is 20.4 Å². The normalized spacial score (nSPS) is 10.3. The van der Waals surface area contributed by atoms with Gasteiger partial charge in [-0.3, -0.25) is 0 Å². The van der Waals surface area contributed by atoms with E-state index in [1.807, 2.05) is 36.4 Å². The van der Waals surface area contributed by atoms with Gasteiger partial charge in [0.25, 0.3) is 0 Å². The highest BCUT2D eigenvalue weighted by Crippen LogP contribution is 2.29. The topological polar surface area (TPSA) is 25.8 Å². The maximum atomic E-state index is 4.58. The van der Waals surface area contributed by atoms with Gasteiger partial charge >= 0.3 is 0 Å². The van der Waals surface area contributed by atoms with Crippen molar-refractivity contribution in [3.63, 3.8) is 0 Å². The van der Waals surface area contributed by atoms with E-state index in [0.29, 0.717) is 11.5 Å². The summed E-state index contributed by atoms with van der Waals surface area (Å²) in [7, 11) is 0. The van der Waals surface area contributed by atoms with Crippen LogP contribution in [0.4, 0.5) is 0 Å². The number of para-hydroxylation sites is 2. The second-order valence-corrected chi connectivity index (χ2v) is 9.58. The number of benzene rings is 2. The number of thioether (sulfide) groups is 2. The largest absolute Gasteiger partial charge is 0.230 e. The van der Waals surface area contributed by atoms with E-state index in [1.165, 1.54) is 9.40 Å². The average molecular weight is 409 g/mol. The molecule has 2 nitrogen and oxygen atoms in total. The van der Waals surface area contributed by atoms with Crippen molar-refractivity contribution in [1.29, 1.82) is 0 Å². The zero-order valence-corrected chi connectivity index (χ0v) is 16.8. The SMILES string of the molecule is C(C#CCSc1nc2ccccc2s1)#CCSc1nc2ccccc2s1. The van der Waals surface area contributed by atoms with E-state index in [2.05, 4.69) is 45.8 Å². The number of hydrogen-bond donors (Lipinski definition) is 0. The van der Waals surface area contributed by atoms with Crippen molar-refractivity contribution in [2.45, 2.75) is 8.68 Å². The van der Waals surface area contributed by atoms with Gasteiger partial charge in [-0.1, -0.05) is 59.6 Å². The summed E-state index contributed by atoms with van der Waals surface area (Å²) in [6.07, 6.45) is 0. The molecule has 0 aliphatic heterocycles. The van der Waals surface area contributed by atoms with E-state index in [1.54, 1.807) is 46.2 Å². The molecule has 0 unspecified atom stereocenters. The molecule has 4 rings (SSSR count). The van der Waals surface area contributed by atoms with Crippen LogP contribution in [-0.2, 0) is 0 Å². The summed E-state index contributed by atoms with van der Waals surface area (Å²) in [6, 6.07) is 16.4. The molecule has 126 valence electrons. The van der Waals surface area contributed by atoms with Crippen LogP contribution in [0, 0.1) is 23.7 Å². The van der Waals surface area contributed by atoms with E-state index in [9.17, 15) is 0 Å². The summed E-state index contributed by atoms with van der Waals surface area (Å²) < 4.78 is 4.55. The van der Waals surface area contributed by atoms with E-state index >= 15 is 0 Å². The highest BCUT2D eigenvalue weighted by atomic mass is 32.2. The molecular formula is C20H12N2S4. The summed E-state index contributed by atoms with van der Waals surface area (Å²) in [5.74, 6) is 13.4. The molecule has 0 saturated heterocycles. The maximum Gasteiger partial charge on any atom is 0.152 e. The monoisotopic (exact) mass is 408 g/mol. The summed E-state index contributed by atoms with van der Waals surface area (Å²) in [6.45, 7) is 0. The Balaban J connectivity index is 1.25. The highest BCUT2D eigenvalue weighted by molar-refractivity contribution is 8.01. The van der Waals surface area contributed by atoms with Gasteiger partial charge in [0.05, 0.1) is 31.9 Å². The molecule has 0 saturated carbocycles. The van der Waals surface area contributed by atoms with Gasteiger partial charge in [0.15, 0.2) is 8.68 Å². The van der Waals surface area contributed by atoms with Gasteiger partial charge in [-0.15, -0.1) is 22.7 Å². The first-order valence-corrected chi connectivity index (χ1v) is 11.4. The molecule has 6 heteroatoms. The van der Waals surface area contributed by atoms with Crippen LogP contribution < -0.4 is 0 Å². The van der Waals surface area contributed by atoms with Crippen molar-refractivity contribution in [2.24, 2.45) is 0 Å². The van der Waals surface area contributed by atoms with Crippen molar-refractivity contribution in [2.75, 3.05) is 11.5 Å². The van der Waals surface area contributed by atoms with Crippen molar-refractivity contribution < 1.29 is 0 Å². The summed E-state index contributed by atoms with van der Waals surface area (Å²) in [5, 5.41) is 0. The van der Waals surface area contributed by atoms with Crippen LogP contribution in [0.15, 0.2) is 57.2 Å². The summed E-state index contributed by atoms with van der Waals surface area (Å²) in [4.78, 5) is 9.16. The van der Waals surface area contributed by atoms with E-state index in [-0.39, 0.29) is 0 Å². The molecule has 2 heterocycles. The number of thiazole rings is 2. The Hall–Kier alpha value is -1.96. The van der Waals surface area contributed by atoms with Crippen LogP contribution in [0.3, 0.4) is 0 Å². The lowest BCUT2D eigenvalue weighted by molar-refractivity contribution is 1.31. The van der Waals surface area contributed by atoms with Crippen molar-refractivity contribution >= 4 is 66.6 Å². The summed E-state index contributed by atoms with van der Waals surface area (Å²) >= 11 is 6.74. The zero-order chi connectivity index (χ0) is 17.6. The molecule has 0 atom stereocenters. The van der Waals surface area contributed by atoms with Gasteiger partial charge in [0.2, 0.25) is 0 Å². The van der Waals surface area contributed by atoms with Gasteiger partial charge in [-0.05, 0) is 36.1 Å². The second kappa shape index (κ2) is 8.62. The Morgan fingerprint density at radius 3 is 1.62 bits per heavy atom. The molecule has 0 aliphatic rings. The molecule has 26 heavy (non-hydrogen) atoms. The minimum Gasteiger partial charge on any atom is -0.230 e. The van der Waals surface area contributed by atoms with Crippen molar-refractivity contribution in [3.8, 4) is 23.7 Å². The zero-order valence-electron chi connectivity index (χ0n) is 13.6. The molecule has 0 bridgehead atoms. The third-order valence-electron chi connectivity index (χ3n) is 3.32. The second-order valence-electron chi connectivity index (χ2n) is 5.08. The van der Waals surface area contributed by atoms with E-state index in [0.717, 1.165) is 19.7 Å². The molecule has 4 aromatic rings. The van der Waals surface area contributed by atoms with Gasteiger partial charge in [-0.2, -0.15) is 0 Å². The fraction of sp³-hybridized carbons (Fsp3) is 0.100. The number of rotatable bonds is 4. The van der Waals surface area contributed by atoms with Crippen molar-refractivity contribution in [1.82, 2.24) is 9.97 Å². The lowest BCUT2D eigenvalue weighted by Crippen LogP contribution is -1.73. The third-order valence-corrected chi connectivity index (χ3v) is 7.45. The fourth-order valence-electron chi connectivity index (χ4n) is 2.18. The first-order valence-electron chi connectivity index (χ1n) is 7.81. The quantitative estimate of drug-likeness (QED) is 0.315. The Kier molecular flexibility index (Phi) is 5.78. The first kappa shape index (κ1) is 17.5. The van der Waals surface area contributed by atoms with E-state index in [4.69, 9.17) is 0 Å². The minimum atomic E-state index is 0.708. The summed E-state index contributed by atoms with van der Waals surface area (Å²) in [5.41, 5.74) is 2.11. The fourth-order valence-corrected chi connectivity index (χ4v) is 5.80. The molecule has 2 aromatic heterocycles. The Bertz CT molecular complexity index is 1010. The molecule has 2 aromatic carbocycles. The number of fused-ring (bicyclic) bond motifs is 2. The number of aromatic nitrogens is 2. The van der Waals surface area contributed by atoms with Crippen LogP contribution in [0.1, 0.15) is 0 Å². The third kappa shape index (κ3) is 4.41. The van der Waals surface area contributed by atoms with Crippen LogP contribution in [0.5, 0.6) is 0 Å². The lowest BCUT2D eigenvalue weighted by Gasteiger charge is -1.86. The molecule has 0 radical (unpaired) electrons. The Labute approximate surface area is 168 Å². The molecule has 0 aliphatic carbocycles. The average Bonchev–Trinajstić information content (AvgIpc) is 3.26. The first-order chi connectivity index (χ1) is 12.9.